The molecular formula is C19H19N3O4. The van der Waals surface area contributed by atoms with Crippen molar-refractivity contribution in [2.75, 3.05) is 26.1 Å². The third-order valence-corrected chi connectivity index (χ3v) is 3.76. The Morgan fingerprint density at radius 1 is 1.08 bits per heavy atom. The van der Waals surface area contributed by atoms with Gasteiger partial charge in [0.15, 0.2) is 6.61 Å². The molecule has 0 N–H and O–H groups in total. The normalized spacial score (nSPS) is 10.4. The third kappa shape index (κ3) is 4.00. The lowest BCUT2D eigenvalue weighted by molar-refractivity contribution is 0.0430. The fourth-order valence-corrected chi connectivity index (χ4v) is 2.28. The van der Waals surface area contributed by atoms with Gasteiger partial charge in [0, 0.05) is 25.3 Å². The number of ether oxygens (including phenoxy) is 2. The highest BCUT2D eigenvalue weighted by Gasteiger charge is 2.13. The van der Waals surface area contributed by atoms with Crippen molar-refractivity contribution in [3.05, 3.63) is 60.0 Å². The molecule has 0 bridgehead atoms. The first kappa shape index (κ1) is 17.5. The van der Waals surface area contributed by atoms with Crippen molar-refractivity contribution in [2.24, 2.45) is 0 Å². The predicted octanol–water partition coefficient (Wildman–Crippen LogP) is 3.17. The molecular weight excluding hydrogens is 334 g/mol. The standard InChI is InChI=1S/C19H19N3O4/c1-22(2)15-8-4-14(5-9-15)19(23)25-12-17-20-18(21-26-17)13-6-10-16(24-3)11-7-13/h4-11H,12H2,1-3H3. The van der Waals surface area contributed by atoms with Crippen molar-refractivity contribution in [3.8, 4) is 17.1 Å². The Balaban J connectivity index is 1.61. The first-order chi connectivity index (χ1) is 12.6. The Hall–Kier alpha value is -3.35. The second-order valence-electron chi connectivity index (χ2n) is 5.76. The molecule has 7 nitrogen and oxygen atoms in total. The molecule has 0 atom stereocenters. The molecule has 0 radical (unpaired) electrons. The van der Waals surface area contributed by atoms with Crippen LogP contribution in [0.4, 0.5) is 5.69 Å². The summed E-state index contributed by atoms with van der Waals surface area (Å²) in [5.74, 6) is 0.953. The van der Waals surface area contributed by atoms with E-state index in [4.69, 9.17) is 14.0 Å². The number of carbonyl (C=O) groups is 1. The highest BCUT2D eigenvalue weighted by atomic mass is 16.6. The van der Waals surface area contributed by atoms with E-state index in [9.17, 15) is 4.79 Å². The van der Waals surface area contributed by atoms with Gasteiger partial charge in [0.05, 0.1) is 12.7 Å². The number of methoxy groups -OCH3 is 1. The van der Waals surface area contributed by atoms with Crippen LogP contribution in [-0.2, 0) is 11.3 Å². The smallest absolute Gasteiger partial charge is 0.338 e. The van der Waals surface area contributed by atoms with Gasteiger partial charge in [-0.3, -0.25) is 0 Å². The van der Waals surface area contributed by atoms with E-state index in [2.05, 4.69) is 10.1 Å². The quantitative estimate of drug-likeness (QED) is 0.630. The Morgan fingerprint density at radius 2 is 1.77 bits per heavy atom. The second-order valence-corrected chi connectivity index (χ2v) is 5.76. The summed E-state index contributed by atoms with van der Waals surface area (Å²) >= 11 is 0. The van der Waals surface area contributed by atoms with E-state index >= 15 is 0 Å². The lowest BCUT2D eigenvalue weighted by Gasteiger charge is -2.12. The van der Waals surface area contributed by atoms with Gasteiger partial charge in [0.1, 0.15) is 5.75 Å². The van der Waals surface area contributed by atoms with Crippen molar-refractivity contribution in [2.45, 2.75) is 6.61 Å². The first-order valence-electron chi connectivity index (χ1n) is 7.98. The summed E-state index contributed by atoms with van der Waals surface area (Å²) in [6.07, 6.45) is 0. The fraction of sp³-hybridized carbons (Fsp3) is 0.211. The molecule has 2 aromatic carbocycles. The van der Waals surface area contributed by atoms with Crippen molar-refractivity contribution >= 4 is 11.7 Å². The van der Waals surface area contributed by atoms with Crippen molar-refractivity contribution in [3.63, 3.8) is 0 Å². The van der Waals surface area contributed by atoms with Crippen molar-refractivity contribution < 1.29 is 18.8 Å². The number of aromatic nitrogens is 2. The highest BCUT2D eigenvalue weighted by Crippen LogP contribution is 2.20. The molecule has 0 fully saturated rings. The molecule has 3 aromatic rings. The van der Waals surface area contributed by atoms with E-state index < -0.39 is 5.97 Å². The summed E-state index contributed by atoms with van der Waals surface area (Å²) in [5.41, 5.74) is 2.25. The SMILES string of the molecule is COc1ccc(-c2noc(COC(=O)c3ccc(N(C)C)cc3)n2)cc1. The molecule has 1 heterocycles. The molecule has 3 rings (SSSR count). The zero-order chi connectivity index (χ0) is 18.5. The van der Waals surface area contributed by atoms with Crippen LogP contribution in [0, 0.1) is 0 Å². The third-order valence-electron chi connectivity index (χ3n) is 3.76. The highest BCUT2D eigenvalue weighted by molar-refractivity contribution is 5.89. The zero-order valence-corrected chi connectivity index (χ0v) is 14.8. The van der Waals surface area contributed by atoms with Crippen LogP contribution in [-0.4, -0.2) is 37.3 Å². The van der Waals surface area contributed by atoms with Gasteiger partial charge >= 0.3 is 5.97 Å². The van der Waals surface area contributed by atoms with Gasteiger partial charge in [0.25, 0.3) is 5.89 Å². The number of benzene rings is 2. The molecule has 0 amide bonds. The molecule has 0 saturated heterocycles. The van der Waals surface area contributed by atoms with Crippen LogP contribution in [0.5, 0.6) is 5.75 Å². The lowest BCUT2D eigenvalue weighted by atomic mass is 10.2. The maximum absolute atomic E-state index is 12.1. The largest absolute Gasteiger partial charge is 0.497 e. The van der Waals surface area contributed by atoms with E-state index in [1.165, 1.54) is 0 Å². The van der Waals surface area contributed by atoms with E-state index in [0.717, 1.165) is 17.0 Å². The van der Waals surface area contributed by atoms with Gasteiger partial charge in [-0.2, -0.15) is 4.98 Å². The molecule has 0 spiro atoms. The molecule has 7 heteroatoms. The molecule has 0 saturated carbocycles. The first-order valence-corrected chi connectivity index (χ1v) is 7.98. The van der Waals surface area contributed by atoms with Crippen molar-refractivity contribution in [1.82, 2.24) is 10.1 Å². The Morgan fingerprint density at radius 3 is 2.38 bits per heavy atom. The summed E-state index contributed by atoms with van der Waals surface area (Å²) in [6.45, 7) is -0.0859. The van der Waals surface area contributed by atoms with Crippen LogP contribution in [0.15, 0.2) is 53.1 Å². The molecule has 0 aliphatic carbocycles. The van der Waals surface area contributed by atoms with Crippen LogP contribution in [0.2, 0.25) is 0 Å². The minimum atomic E-state index is -0.445. The lowest BCUT2D eigenvalue weighted by Crippen LogP contribution is -2.09. The number of hydrogen-bond donors (Lipinski definition) is 0. The zero-order valence-electron chi connectivity index (χ0n) is 14.8. The van der Waals surface area contributed by atoms with Gasteiger partial charge in [-0.25, -0.2) is 4.79 Å². The van der Waals surface area contributed by atoms with E-state index in [1.54, 1.807) is 19.2 Å². The monoisotopic (exact) mass is 353 g/mol. The van der Waals surface area contributed by atoms with Gasteiger partial charge in [-0.1, -0.05) is 5.16 Å². The molecule has 134 valence electrons. The number of rotatable bonds is 6. The fourth-order valence-electron chi connectivity index (χ4n) is 2.28. The Bertz CT molecular complexity index is 871. The van der Waals surface area contributed by atoms with Crippen LogP contribution in [0.25, 0.3) is 11.4 Å². The molecule has 26 heavy (non-hydrogen) atoms. The van der Waals surface area contributed by atoms with E-state index in [1.807, 2.05) is 55.4 Å². The maximum Gasteiger partial charge on any atom is 0.338 e. The average molecular weight is 353 g/mol. The number of esters is 1. The minimum absolute atomic E-state index is 0.0859. The maximum atomic E-state index is 12.1. The Labute approximate surface area is 151 Å². The summed E-state index contributed by atoms with van der Waals surface area (Å²) in [6, 6.07) is 14.4. The summed E-state index contributed by atoms with van der Waals surface area (Å²) in [4.78, 5) is 18.3. The van der Waals surface area contributed by atoms with Gasteiger partial charge in [-0.15, -0.1) is 0 Å². The molecule has 1 aromatic heterocycles. The topological polar surface area (TPSA) is 77.7 Å². The molecule has 0 aliphatic rings. The van der Waals surface area contributed by atoms with Crippen LogP contribution >= 0.6 is 0 Å². The number of carbonyl (C=O) groups excluding carboxylic acids is 1. The van der Waals surface area contributed by atoms with Gasteiger partial charge in [0.2, 0.25) is 5.82 Å². The van der Waals surface area contributed by atoms with E-state index in [0.29, 0.717) is 11.4 Å². The Kier molecular flexibility index (Phi) is 5.17. The van der Waals surface area contributed by atoms with Crippen LogP contribution in [0.3, 0.4) is 0 Å². The van der Waals surface area contributed by atoms with Gasteiger partial charge in [-0.05, 0) is 48.5 Å². The van der Waals surface area contributed by atoms with Crippen LogP contribution < -0.4 is 9.64 Å². The molecule has 0 unspecified atom stereocenters. The predicted molar refractivity (Wildman–Crippen MR) is 96.2 cm³/mol. The second kappa shape index (κ2) is 7.69. The minimum Gasteiger partial charge on any atom is -0.497 e. The number of hydrogen-bond acceptors (Lipinski definition) is 7. The average Bonchev–Trinajstić information content (AvgIpc) is 3.15. The van der Waals surface area contributed by atoms with Gasteiger partial charge < -0.3 is 18.9 Å². The van der Waals surface area contributed by atoms with Crippen LogP contribution in [0.1, 0.15) is 16.2 Å². The van der Waals surface area contributed by atoms with Crippen molar-refractivity contribution in [1.29, 1.82) is 0 Å². The summed E-state index contributed by atoms with van der Waals surface area (Å²) in [7, 11) is 5.47. The summed E-state index contributed by atoms with van der Waals surface area (Å²) in [5, 5.41) is 3.90. The van der Waals surface area contributed by atoms with E-state index in [-0.39, 0.29) is 12.5 Å². The summed E-state index contributed by atoms with van der Waals surface area (Å²) < 4.78 is 15.5. The number of anilines is 1. The molecule has 0 aliphatic heterocycles. The number of nitrogens with zero attached hydrogens (tertiary/aromatic N) is 3.